The molecule has 0 fully saturated rings. The van der Waals surface area contributed by atoms with E-state index in [1.54, 1.807) is 0 Å². The second kappa shape index (κ2) is 5.09. The standard InChI is InChI=1S/C12H22S/c1-9(2)12-6-5-7-13-11(4)8-10(12)3/h5,7,9-12H,6,8H2,1-4H3/b7-5-. The van der Waals surface area contributed by atoms with Crippen LogP contribution in [0, 0.1) is 17.8 Å². The van der Waals surface area contributed by atoms with Crippen LogP contribution in [-0.4, -0.2) is 5.25 Å². The fourth-order valence-electron chi connectivity index (χ4n) is 2.32. The molecule has 0 aromatic heterocycles. The Hall–Kier alpha value is 0.0900. The monoisotopic (exact) mass is 198 g/mol. The van der Waals surface area contributed by atoms with Crippen molar-refractivity contribution in [1.29, 1.82) is 0 Å². The quantitative estimate of drug-likeness (QED) is 0.604. The number of rotatable bonds is 1. The Morgan fingerprint density at radius 2 is 2.00 bits per heavy atom. The van der Waals surface area contributed by atoms with Gasteiger partial charge in [-0.3, -0.25) is 0 Å². The second-order valence-electron chi connectivity index (χ2n) is 4.68. The highest BCUT2D eigenvalue weighted by Crippen LogP contribution is 2.33. The molecule has 0 amide bonds. The van der Waals surface area contributed by atoms with E-state index in [9.17, 15) is 0 Å². The fourth-order valence-corrected chi connectivity index (χ4v) is 3.22. The van der Waals surface area contributed by atoms with Crippen molar-refractivity contribution in [2.75, 3.05) is 0 Å². The van der Waals surface area contributed by atoms with Crippen LogP contribution in [0.4, 0.5) is 0 Å². The van der Waals surface area contributed by atoms with Crippen LogP contribution in [0.2, 0.25) is 0 Å². The van der Waals surface area contributed by atoms with E-state index in [1.807, 2.05) is 11.8 Å². The fraction of sp³-hybridized carbons (Fsp3) is 0.833. The predicted octanol–water partition coefficient (Wildman–Crippen LogP) is 4.32. The molecule has 1 heteroatoms. The normalized spacial score (nSPS) is 38.4. The summed E-state index contributed by atoms with van der Waals surface area (Å²) in [6.45, 7) is 9.47. The Bertz CT molecular complexity index is 172. The lowest BCUT2D eigenvalue weighted by atomic mass is 9.80. The average Bonchev–Trinajstić information content (AvgIpc) is 1.99. The van der Waals surface area contributed by atoms with Crippen LogP contribution in [0.3, 0.4) is 0 Å². The van der Waals surface area contributed by atoms with E-state index in [0.717, 1.165) is 23.0 Å². The first-order chi connectivity index (χ1) is 6.11. The van der Waals surface area contributed by atoms with Gasteiger partial charge in [0, 0.05) is 5.25 Å². The summed E-state index contributed by atoms with van der Waals surface area (Å²) in [5.74, 6) is 2.60. The van der Waals surface area contributed by atoms with Gasteiger partial charge in [-0.2, -0.15) is 0 Å². The third-order valence-corrected chi connectivity index (χ3v) is 4.11. The lowest BCUT2D eigenvalue weighted by Gasteiger charge is -2.29. The van der Waals surface area contributed by atoms with Crippen molar-refractivity contribution >= 4 is 11.8 Å². The van der Waals surface area contributed by atoms with Crippen LogP contribution in [0.25, 0.3) is 0 Å². The minimum absolute atomic E-state index is 0.799. The maximum atomic E-state index is 2.42. The van der Waals surface area contributed by atoms with Crippen LogP contribution < -0.4 is 0 Å². The van der Waals surface area contributed by atoms with E-state index in [-0.39, 0.29) is 0 Å². The molecule has 3 unspecified atom stereocenters. The van der Waals surface area contributed by atoms with Crippen molar-refractivity contribution in [2.45, 2.75) is 45.8 Å². The Labute approximate surface area is 87.2 Å². The molecule has 0 radical (unpaired) electrons. The minimum Gasteiger partial charge on any atom is -0.131 e. The molecule has 1 aliphatic rings. The van der Waals surface area contributed by atoms with Gasteiger partial charge in [-0.15, -0.1) is 11.8 Å². The van der Waals surface area contributed by atoms with Crippen molar-refractivity contribution < 1.29 is 0 Å². The molecular formula is C12H22S. The molecule has 1 heterocycles. The first kappa shape index (κ1) is 11.2. The average molecular weight is 198 g/mol. The van der Waals surface area contributed by atoms with E-state index in [1.165, 1.54) is 12.8 Å². The van der Waals surface area contributed by atoms with E-state index < -0.39 is 0 Å². The van der Waals surface area contributed by atoms with Crippen LogP contribution in [0.5, 0.6) is 0 Å². The van der Waals surface area contributed by atoms with Gasteiger partial charge in [0.1, 0.15) is 0 Å². The molecule has 1 aliphatic heterocycles. The third kappa shape index (κ3) is 3.38. The van der Waals surface area contributed by atoms with Crippen molar-refractivity contribution in [3.8, 4) is 0 Å². The largest absolute Gasteiger partial charge is 0.131 e. The number of hydrogen-bond acceptors (Lipinski definition) is 1. The van der Waals surface area contributed by atoms with Gasteiger partial charge in [0.15, 0.2) is 0 Å². The summed E-state index contributed by atoms with van der Waals surface area (Å²) in [7, 11) is 0. The summed E-state index contributed by atoms with van der Waals surface area (Å²) < 4.78 is 0. The van der Waals surface area contributed by atoms with Crippen LogP contribution in [0.15, 0.2) is 11.5 Å². The molecular weight excluding hydrogens is 176 g/mol. The van der Waals surface area contributed by atoms with Crippen molar-refractivity contribution in [3.63, 3.8) is 0 Å². The van der Waals surface area contributed by atoms with Crippen molar-refractivity contribution in [1.82, 2.24) is 0 Å². The molecule has 76 valence electrons. The maximum Gasteiger partial charge on any atom is 0.00626 e. The van der Waals surface area contributed by atoms with Crippen LogP contribution in [0.1, 0.15) is 40.5 Å². The Kier molecular flexibility index (Phi) is 4.37. The van der Waals surface area contributed by atoms with Gasteiger partial charge in [0.05, 0.1) is 0 Å². The van der Waals surface area contributed by atoms with Gasteiger partial charge in [0.25, 0.3) is 0 Å². The molecule has 0 aliphatic carbocycles. The van der Waals surface area contributed by atoms with Gasteiger partial charge < -0.3 is 0 Å². The van der Waals surface area contributed by atoms with E-state index in [4.69, 9.17) is 0 Å². The first-order valence-corrected chi connectivity index (χ1v) is 6.36. The smallest absolute Gasteiger partial charge is 0.00626 e. The number of allylic oxidation sites excluding steroid dienone is 1. The van der Waals surface area contributed by atoms with Crippen molar-refractivity contribution in [3.05, 3.63) is 11.5 Å². The zero-order chi connectivity index (χ0) is 9.84. The first-order valence-electron chi connectivity index (χ1n) is 5.41. The lowest BCUT2D eigenvalue weighted by molar-refractivity contribution is 0.259. The predicted molar refractivity (Wildman–Crippen MR) is 62.9 cm³/mol. The van der Waals surface area contributed by atoms with Gasteiger partial charge in [-0.05, 0) is 36.0 Å². The second-order valence-corrected chi connectivity index (χ2v) is 6.02. The summed E-state index contributed by atoms with van der Waals surface area (Å²) in [5, 5.41) is 3.10. The zero-order valence-electron chi connectivity index (χ0n) is 9.29. The SMILES string of the molecule is CC1CC(C)C(C(C)C)C/C=C\S1. The number of hydrogen-bond donors (Lipinski definition) is 0. The van der Waals surface area contributed by atoms with E-state index >= 15 is 0 Å². The van der Waals surface area contributed by atoms with Crippen molar-refractivity contribution in [2.24, 2.45) is 17.8 Å². The highest BCUT2D eigenvalue weighted by atomic mass is 32.2. The van der Waals surface area contributed by atoms with Gasteiger partial charge in [-0.25, -0.2) is 0 Å². The Morgan fingerprint density at radius 3 is 2.62 bits per heavy atom. The molecule has 0 N–H and O–H groups in total. The van der Waals surface area contributed by atoms with Gasteiger partial charge in [-0.1, -0.05) is 33.8 Å². The molecule has 0 aromatic rings. The Morgan fingerprint density at radius 1 is 1.31 bits per heavy atom. The molecule has 1 rings (SSSR count). The Balaban J connectivity index is 2.62. The van der Waals surface area contributed by atoms with Gasteiger partial charge in [0.2, 0.25) is 0 Å². The van der Waals surface area contributed by atoms with E-state index in [0.29, 0.717) is 0 Å². The molecule has 0 aromatic carbocycles. The maximum absolute atomic E-state index is 2.42. The molecule has 13 heavy (non-hydrogen) atoms. The summed E-state index contributed by atoms with van der Waals surface area (Å²) in [6, 6.07) is 0. The number of thioether (sulfide) groups is 1. The molecule has 0 spiro atoms. The van der Waals surface area contributed by atoms with E-state index in [2.05, 4.69) is 39.2 Å². The molecule has 0 bridgehead atoms. The highest BCUT2D eigenvalue weighted by Gasteiger charge is 2.22. The summed E-state index contributed by atoms with van der Waals surface area (Å²) in [5.41, 5.74) is 0. The third-order valence-electron chi connectivity index (χ3n) is 3.11. The highest BCUT2D eigenvalue weighted by molar-refractivity contribution is 8.02. The zero-order valence-corrected chi connectivity index (χ0v) is 10.1. The minimum atomic E-state index is 0.799. The molecule has 0 saturated carbocycles. The molecule has 0 saturated heterocycles. The van der Waals surface area contributed by atoms with Crippen LogP contribution >= 0.6 is 11.8 Å². The van der Waals surface area contributed by atoms with Crippen LogP contribution in [-0.2, 0) is 0 Å². The topological polar surface area (TPSA) is 0 Å². The molecule has 0 nitrogen and oxygen atoms in total. The summed E-state index contributed by atoms with van der Waals surface area (Å²) in [4.78, 5) is 0. The lowest BCUT2D eigenvalue weighted by Crippen LogP contribution is -2.21. The van der Waals surface area contributed by atoms with Gasteiger partial charge >= 0.3 is 0 Å². The summed E-state index contributed by atoms with van der Waals surface area (Å²) in [6.07, 6.45) is 5.01. The molecule has 3 atom stereocenters. The summed E-state index contributed by atoms with van der Waals surface area (Å²) >= 11 is 1.99.